The Kier molecular flexibility index (Phi) is 10.1. The average Bonchev–Trinajstić information content (AvgIpc) is 3.95. The lowest BCUT2D eigenvalue weighted by molar-refractivity contribution is 0.793. The Morgan fingerprint density at radius 1 is 0.233 bits per heavy atom. The van der Waals surface area contributed by atoms with E-state index in [-0.39, 0.29) is 0 Å². The van der Waals surface area contributed by atoms with Crippen molar-refractivity contribution in [1.29, 1.82) is 0 Å². The van der Waals surface area contributed by atoms with E-state index >= 15 is 0 Å². The molecule has 1 spiro atoms. The van der Waals surface area contributed by atoms with Gasteiger partial charge in [-0.05, 0) is 150 Å². The number of para-hydroxylation sites is 1. The maximum Gasteiger partial charge on any atom is 0.0726 e. The third kappa shape index (κ3) is 6.87. The molecule has 0 atom stereocenters. The van der Waals surface area contributed by atoms with Crippen molar-refractivity contribution in [2.75, 3.05) is 9.80 Å². The van der Waals surface area contributed by atoms with Gasteiger partial charge in [0.05, 0.1) is 11.1 Å². The Morgan fingerprint density at radius 3 is 1.29 bits per heavy atom. The van der Waals surface area contributed by atoms with Gasteiger partial charge in [0, 0.05) is 34.0 Å². The first kappa shape index (κ1) is 42.4. The summed E-state index contributed by atoms with van der Waals surface area (Å²) in [6.07, 6.45) is 0. The second kappa shape index (κ2) is 17.4. The Morgan fingerprint density at radius 2 is 0.658 bits per heavy atom. The van der Waals surface area contributed by atoms with Crippen LogP contribution in [0.3, 0.4) is 0 Å². The lowest BCUT2D eigenvalue weighted by atomic mass is 9.70. The van der Waals surface area contributed by atoms with Gasteiger partial charge in [-0.15, -0.1) is 0 Å². The van der Waals surface area contributed by atoms with E-state index in [4.69, 9.17) is 0 Å². The fourth-order valence-corrected chi connectivity index (χ4v) is 12.1. The van der Waals surface area contributed by atoms with Crippen LogP contribution in [0.4, 0.5) is 34.1 Å². The lowest BCUT2D eigenvalue weighted by Crippen LogP contribution is -2.26. The van der Waals surface area contributed by atoms with Crippen molar-refractivity contribution >= 4 is 44.9 Å². The van der Waals surface area contributed by atoms with Crippen LogP contribution >= 0.6 is 0 Å². The highest BCUT2D eigenvalue weighted by atomic mass is 15.1. The second-order valence-electron chi connectivity index (χ2n) is 19.2. The van der Waals surface area contributed by atoms with Gasteiger partial charge in [-0.2, -0.15) is 0 Å². The standard InChI is InChI=1S/C71H48N2/c1-4-19-49(20-5-1)50-35-40-56(41-36-50)72(59-44-45-64-63-31-14-17-34-67(63)71(68(64)48-59)65-32-15-12-29-61(65)62-30-13-16-33-66(62)71)58-27-18-24-54(47-58)51-37-42-57(43-38-51)73(55-25-8-3-9-26-55)69-46-39-52-21-10-11-28-60(52)70(69)53-22-6-2-7-23-53/h1-48H. The summed E-state index contributed by atoms with van der Waals surface area (Å²) in [5.74, 6) is 0. The topological polar surface area (TPSA) is 6.48 Å². The van der Waals surface area contributed by atoms with Gasteiger partial charge in [-0.3, -0.25) is 0 Å². The number of fused-ring (bicyclic) bond motifs is 11. The van der Waals surface area contributed by atoms with Crippen LogP contribution in [0.1, 0.15) is 22.3 Å². The summed E-state index contributed by atoms with van der Waals surface area (Å²) in [7, 11) is 0. The zero-order valence-electron chi connectivity index (χ0n) is 40.1. The van der Waals surface area contributed by atoms with Crippen LogP contribution < -0.4 is 9.80 Å². The first-order valence-electron chi connectivity index (χ1n) is 25.2. The number of anilines is 6. The van der Waals surface area contributed by atoms with Crippen molar-refractivity contribution in [3.63, 3.8) is 0 Å². The maximum absolute atomic E-state index is 2.48. The molecule has 73 heavy (non-hydrogen) atoms. The predicted octanol–water partition coefficient (Wildman–Crippen LogP) is 19.1. The number of benzene rings is 12. The van der Waals surface area contributed by atoms with Gasteiger partial charge >= 0.3 is 0 Å². The minimum absolute atomic E-state index is 0.454. The molecule has 2 aliphatic carbocycles. The summed E-state index contributed by atoms with van der Waals surface area (Å²) < 4.78 is 0. The van der Waals surface area contributed by atoms with Gasteiger partial charge < -0.3 is 9.80 Å². The molecule has 0 N–H and O–H groups in total. The van der Waals surface area contributed by atoms with E-state index in [1.165, 1.54) is 77.5 Å². The number of hydrogen-bond acceptors (Lipinski definition) is 2. The molecular weight excluding hydrogens is 881 g/mol. The van der Waals surface area contributed by atoms with E-state index in [1.54, 1.807) is 0 Å². The van der Waals surface area contributed by atoms with E-state index in [0.29, 0.717) is 0 Å². The quantitative estimate of drug-likeness (QED) is 0.142. The zero-order valence-corrected chi connectivity index (χ0v) is 40.1. The van der Waals surface area contributed by atoms with Gasteiger partial charge in [0.1, 0.15) is 0 Å². The monoisotopic (exact) mass is 928 g/mol. The lowest BCUT2D eigenvalue weighted by Gasteiger charge is -2.32. The van der Waals surface area contributed by atoms with Gasteiger partial charge in [0.2, 0.25) is 0 Å². The first-order chi connectivity index (χ1) is 36.2. The molecule has 12 aromatic carbocycles. The number of rotatable bonds is 9. The number of nitrogens with zero attached hydrogens (tertiary/aromatic N) is 2. The van der Waals surface area contributed by atoms with Crippen molar-refractivity contribution in [3.8, 4) is 55.6 Å². The fraction of sp³-hybridized carbons (Fsp3) is 0.0141. The molecule has 342 valence electrons. The van der Waals surface area contributed by atoms with Crippen LogP contribution in [0.25, 0.3) is 66.4 Å². The van der Waals surface area contributed by atoms with Crippen LogP contribution in [0, 0.1) is 0 Å². The SMILES string of the molecule is c1ccc(-c2ccc(N(c3cccc(-c4ccc(N(c5ccccc5)c5ccc6ccccc6c5-c5ccccc5)cc4)c3)c3ccc4c(c3)C3(c5ccccc5-c5ccccc53)c3ccccc3-4)cc2)cc1. The van der Waals surface area contributed by atoms with E-state index < -0.39 is 5.41 Å². The molecule has 12 aromatic rings. The van der Waals surface area contributed by atoms with Crippen molar-refractivity contribution < 1.29 is 0 Å². The minimum Gasteiger partial charge on any atom is -0.310 e. The molecule has 0 fully saturated rings. The Balaban J connectivity index is 0.906. The third-order valence-corrected chi connectivity index (χ3v) is 15.3. The third-order valence-electron chi connectivity index (χ3n) is 15.3. The second-order valence-corrected chi connectivity index (χ2v) is 19.2. The van der Waals surface area contributed by atoms with Gasteiger partial charge in [-0.1, -0.05) is 224 Å². The van der Waals surface area contributed by atoms with E-state index in [2.05, 4.69) is 301 Å². The van der Waals surface area contributed by atoms with Crippen LogP contribution in [0.5, 0.6) is 0 Å². The van der Waals surface area contributed by atoms with E-state index in [9.17, 15) is 0 Å². The number of hydrogen-bond donors (Lipinski definition) is 0. The molecule has 0 amide bonds. The van der Waals surface area contributed by atoms with Crippen molar-refractivity contribution in [2.24, 2.45) is 0 Å². The predicted molar refractivity (Wildman–Crippen MR) is 306 cm³/mol. The maximum atomic E-state index is 2.48. The summed E-state index contributed by atoms with van der Waals surface area (Å²) in [6, 6.07) is 107. The molecule has 2 heteroatoms. The average molecular weight is 929 g/mol. The largest absolute Gasteiger partial charge is 0.310 e. The molecule has 0 radical (unpaired) electrons. The Bertz CT molecular complexity index is 3950. The molecule has 0 saturated carbocycles. The van der Waals surface area contributed by atoms with Crippen molar-refractivity contribution in [1.82, 2.24) is 0 Å². The summed E-state index contributed by atoms with van der Waals surface area (Å²) in [5.41, 5.74) is 23.7. The van der Waals surface area contributed by atoms with Crippen molar-refractivity contribution in [2.45, 2.75) is 5.41 Å². The fourth-order valence-electron chi connectivity index (χ4n) is 12.1. The van der Waals surface area contributed by atoms with Crippen molar-refractivity contribution in [3.05, 3.63) is 313 Å². The normalized spacial score (nSPS) is 12.5. The molecule has 0 aromatic heterocycles. The van der Waals surface area contributed by atoms with E-state index in [0.717, 1.165) is 45.3 Å². The Labute approximate surface area is 427 Å². The molecule has 0 saturated heterocycles. The summed E-state index contributed by atoms with van der Waals surface area (Å²) in [4.78, 5) is 4.84. The summed E-state index contributed by atoms with van der Waals surface area (Å²) in [5, 5.41) is 2.44. The summed E-state index contributed by atoms with van der Waals surface area (Å²) in [6.45, 7) is 0. The van der Waals surface area contributed by atoms with Crippen LogP contribution in [-0.4, -0.2) is 0 Å². The Hall–Kier alpha value is -9.50. The highest BCUT2D eigenvalue weighted by molar-refractivity contribution is 6.05. The van der Waals surface area contributed by atoms with Crippen LogP contribution in [-0.2, 0) is 5.41 Å². The van der Waals surface area contributed by atoms with Gasteiger partial charge in [-0.25, -0.2) is 0 Å². The minimum atomic E-state index is -0.454. The smallest absolute Gasteiger partial charge is 0.0726 e. The molecule has 0 heterocycles. The molecule has 14 rings (SSSR count). The molecular formula is C71H48N2. The van der Waals surface area contributed by atoms with Crippen LogP contribution in [0.2, 0.25) is 0 Å². The molecule has 2 nitrogen and oxygen atoms in total. The highest BCUT2D eigenvalue weighted by Crippen LogP contribution is 2.63. The highest BCUT2D eigenvalue weighted by Gasteiger charge is 2.51. The van der Waals surface area contributed by atoms with Gasteiger partial charge in [0.25, 0.3) is 0 Å². The molecule has 0 bridgehead atoms. The summed E-state index contributed by atoms with van der Waals surface area (Å²) >= 11 is 0. The molecule has 2 aliphatic rings. The molecule has 0 aliphatic heterocycles. The zero-order chi connectivity index (χ0) is 48.3. The van der Waals surface area contributed by atoms with E-state index in [1.807, 2.05) is 0 Å². The molecule has 0 unspecified atom stereocenters. The van der Waals surface area contributed by atoms with Gasteiger partial charge in [0.15, 0.2) is 0 Å². The first-order valence-corrected chi connectivity index (χ1v) is 25.2. The van der Waals surface area contributed by atoms with Crippen LogP contribution in [0.15, 0.2) is 291 Å².